The fraction of sp³-hybridized carbons (Fsp3) is 0.562. The zero-order valence-corrected chi connectivity index (χ0v) is 15.2. The van der Waals surface area contributed by atoms with Gasteiger partial charge in [-0.2, -0.15) is 0 Å². The van der Waals surface area contributed by atoms with Gasteiger partial charge in [0.05, 0.1) is 6.54 Å². The highest BCUT2D eigenvalue weighted by Gasteiger charge is 2.03. The molecule has 0 aliphatic carbocycles. The Morgan fingerprint density at radius 1 is 1.38 bits per heavy atom. The first-order valence-corrected chi connectivity index (χ1v) is 9.11. The highest BCUT2D eigenvalue weighted by atomic mass is 32.1. The number of methoxy groups -OCH3 is 1. The van der Waals surface area contributed by atoms with Gasteiger partial charge in [0, 0.05) is 44.6 Å². The molecule has 8 heteroatoms. The van der Waals surface area contributed by atoms with Crippen molar-refractivity contribution in [3.63, 3.8) is 0 Å². The van der Waals surface area contributed by atoms with Crippen molar-refractivity contribution in [2.24, 2.45) is 4.99 Å². The van der Waals surface area contributed by atoms with Crippen LogP contribution in [-0.4, -0.2) is 47.5 Å². The third-order valence-electron chi connectivity index (χ3n) is 3.45. The summed E-state index contributed by atoms with van der Waals surface area (Å²) in [4.78, 5) is 5.90. The second-order valence-electron chi connectivity index (χ2n) is 5.24. The maximum Gasteiger partial charge on any atom is 0.191 e. The maximum atomic E-state index is 5.08. The number of guanidine groups is 1. The minimum atomic E-state index is 0.685. The lowest BCUT2D eigenvalue weighted by atomic mass is 10.4. The Morgan fingerprint density at radius 2 is 2.25 bits per heavy atom. The number of aromatic nitrogens is 3. The second-order valence-corrected chi connectivity index (χ2v) is 6.27. The summed E-state index contributed by atoms with van der Waals surface area (Å²) in [6.07, 6.45) is 3.60. The van der Waals surface area contributed by atoms with Gasteiger partial charge < -0.3 is 19.9 Å². The number of nitrogens with one attached hydrogen (secondary N) is 2. The maximum absolute atomic E-state index is 5.08. The van der Waals surface area contributed by atoms with Crippen LogP contribution in [0.15, 0.2) is 28.8 Å². The molecule has 0 aliphatic rings. The lowest BCUT2D eigenvalue weighted by Gasteiger charge is -2.13. The normalized spacial score (nSPS) is 11.7. The molecule has 2 aromatic rings. The minimum Gasteiger partial charge on any atom is -0.385 e. The molecule has 2 N–H and O–H groups in total. The molecule has 0 amide bonds. The van der Waals surface area contributed by atoms with Gasteiger partial charge in [-0.15, -0.1) is 21.5 Å². The van der Waals surface area contributed by atoms with Gasteiger partial charge in [0.15, 0.2) is 5.96 Å². The third kappa shape index (κ3) is 6.29. The molecule has 0 saturated carbocycles. The summed E-state index contributed by atoms with van der Waals surface area (Å²) in [5, 5.41) is 16.9. The number of hydrogen-bond donors (Lipinski definition) is 2. The lowest BCUT2D eigenvalue weighted by Crippen LogP contribution is -2.39. The van der Waals surface area contributed by atoms with E-state index in [-0.39, 0.29) is 0 Å². The average molecular weight is 350 g/mol. The Labute approximate surface area is 147 Å². The fourth-order valence-corrected chi connectivity index (χ4v) is 2.82. The monoisotopic (exact) mass is 350 g/mol. The Kier molecular flexibility index (Phi) is 8.26. The van der Waals surface area contributed by atoms with E-state index < -0.39 is 0 Å². The first kappa shape index (κ1) is 18.4. The number of hydrogen-bond acceptors (Lipinski definition) is 5. The van der Waals surface area contributed by atoms with Crippen LogP contribution < -0.4 is 10.6 Å². The predicted molar refractivity (Wildman–Crippen MR) is 97.4 cm³/mol. The Morgan fingerprint density at radius 3 is 3.00 bits per heavy atom. The summed E-state index contributed by atoms with van der Waals surface area (Å²) >= 11 is 1.72. The number of ether oxygens (including phenoxy) is 1. The summed E-state index contributed by atoms with van der Waals surface area (Å²) in [5.74, 6) is 1.83. The highest BCUT2D eigenvalue weighted by molar-refractivity contribution is 7.09. The molecule has 132 valence electrons. The topological polar surface area (TPSA) is 76.4 Å². The van der Waals surface area contributed by atoms with Crippen LogP contribution in [-0.2, 0) is 24.2 Å². The van der Waals surface area contributed by atoms with Gasteiger partial charge in [0.2, 0.25) is 0 Å². The summed E-state index contributed by atoms with van der Waals surface area (Å²) < 4.78 is 7.15. The molecule has 0 atom stereocenters. The van der Waals surface area contributed by atoms with Crippen LogP contribution in [0.25, 0.3) is 0 Å². The van der Waals surface area contributed by atoms with Crippen molar-refractivity contribution in [3.05, 3.63) is 34.5 Å². The molecule has 0 aromatic carbocycles. The molecule has 7 nitrogen and oxygen atoms in total. The van der Waals surface area contributed by atoms with E-state index >= 15 is 0 Å². The number of rotatable bonds is 10. The van der Waals surface area contributed by atoms with Crippen LogP contribution in [0.5, 0.6) is 0 Å². The molecule has 0 saturated heterocycles. The summed E-state index contributed by atoms with van der Waals surface area (Å²) in [6.45, 7) is 5.92. The van der Waals surface area contributed by atoms with E-state index in [1.165, 1.54) is 4.88 Å². The number of aryl methyl sites for hydroxylation is 1. The Bertz CT molecular complexity index is 595. The largest absolute Gasteiger partial charge is 0.385 e. The molecule has 0 spiro atoms. The van der Waals surface area contributed by atoms with Crippen LogP contribution in [0, 0.1) is 0 Å². The lowest BCUT2D eigenvalue weighted by molar-refractivity contribution is 0.195. The van der Waals surface area contributed by atoms with Crippen LogP contribution in [0.3, 0.4) is 0 Å². The number of aliphatic imine (C=N–C) groups is 1. The van der Waals surface area contributed by atoms with Gasteiger partial charge in [-0.1, -0.05) is 13.0 Å². The van der Waals surface area contributed by atoms with Gasteiger partial charge >= 0.3 is 0 Å². The van der Waals surface area contributed by atoms with E-state index in [4.69, 9.17) is 4.74 Å². The zero-order valence-electron chi connectivity index (χ0n) is 14.4. The standard InChI is InChI=1S/C16H26N6OS/c1-3-15-21-20-13-22(15)9-8-18-16(17-7-5-10-23-2)19-12-14-6-4-11-24-14/h4,6,11,13H,3,5,7-10,12H2,1-2H3,(H2,17,18,19). The van der Waals surface area contributed by atoms with Crippen molar-refractivity contribution in [1.82, 2.24) is 25.4 Å². The molecular weight excluding hydrogens is 324 g/mol. The van der Waals surface area contributed by atoms with Crippen molar-refractivity contribution >= 4 is 17.3 Å². The first-order valence-electron chi connectivity index (χ1n) is 8.23. The molecule has 0 radical (unpaired) electrons. The van der Waals surface area contributed by atoms with Gasteiger partial charge in [0.1, 0.15) is 12.2 Å². The SMILES string of the molecule is CCc1nncn1CCNC(=NCc1cccs1)NCCCOC. The van der Waals surface area contributed by atoms with Crippen molar-refractivity contribution in [2.45, 2.75) is 32.9 Å². The molecule has 2 aromatic heterocycles. The van der Waals surface area contributed by atoms with Crippen LogP contribution >= 0.6 is 11.3 Å². The first-order chi connectivity index (χ1) is 11.8. The summed E-state index contributed by atoms with van der Waals surface area (Å²) in [5.41, 5.74) is 0. The van der Waals surface area contributed by atoms with Gasteiger partial charge in [-0.05, 0) is 17.9 Å². The van der Waals surface area contributed by atoms with E-state index in [0.717, 1.165) is 50.9 Å². The van der Waals surface area contributed by atoms with Crippen molar-refractivity contribution in [3.8, 4) is 0 Å². The molecule has 2 rings (SSSR count). The molecule has 0 bridgehead atoms. The Balaban J connectivity index is 1.83. The third-order valence-corrected chi connectivity index (χ3v) is 4.31. The van der Waals surface area contributed by atoms with E-state index in [1.54, 1.807) is 24.8 Å². The summed E-state index contributed by atoms with van der Waals surface area (Å²) in [7, 11) is 1.72. The van der Waals surface area contributed by atoms with E-state index in [9.17, 15) is 0 Å². The summed E-state index contributed by atoms with van der Waals surface area (Å²) in [6, 6.07) is 4.15. The predicted octanol–water partition coefficient (Wildman–Crippen LogP) is 1.67. The van der Waals surface area contributed by atoms with Crippen LogP contribution in [0.4, 0.5) is 0 Å². The molecule has 0 aliphatic heterocycles. The minimum absolute atomic E-state index is 0.685. The fourth-order valence-electron chi connectivity index (χ4n) is 2.19. The van der Waals surface area contributed by atoms with Gasteiger partial charge in [-0.3, -0.25) is 0 Å². The van der Waals surface area contributed by atoms with E-state index in [0.29, 0.717) is 6.54 Å². The smallest absolute Gasteiger partial charge is 0.191 e. The number of thiophene rings is 1. The van der Waals surface area contributed by atoms with E-state index in [1.807, 2.05) is 6.07 Å². The molecule has 2 heterocycles. The van der Waals surface area contributed by atoms with E-state index in [2.05, 4.69) is 48.8 Å². The van der Waals surface area contributed by atoms with Crippen molar-refractivity contribution < 1.29 is 4.74 Å². The molecule has 0 fully saturated rings. The highest BCUT2D eigenvalue weighted by Crippen LogP contribution is 2.09. The average Bonchev–Trinajstić information content (AvgIpc) is 3.27. The van der Waals surface area contributed by atoms with Crippen LogP contribution in [0.1, 0.15) is 24.0 Å². The quantitative estimate of drug-likeness (QED) is 0.387. The molecular formula is C16H26N6OS. The second kappa shape index (κ2) is 10.8. The Hall–Kier alpha value is -1.93. The van der Waals surface area contributed by atoms with Crippen molar-refractivity contribution in [2.75, 3.05) is 26.8 Å². The van der Waals surface area contributed by atoms with Gasteiger partial charge in [0.25, 0.3) is 0 Å². The van der Waals surface area contributed by atoms with Crippen molar-refractivity contribution in [1.29, 1.82) is 0 Å². The zero-order chi connectivity index (χ0) is 17.0. The molecule has 0 unspecified atom stereocenters. The molecule has 24 heavy (non-hydrogen) atoms. The van der Waals surface area contributed by atoms with Gasteiger partial charge in [-0.25, -0.2) is 4.99 Å². The number of nitrogens with zero attached hydrogens (tertiary/aromatic N) is 4. The van der Waals surface area contributed by atoms with Crippen LogP contribution in [0.2, 0.25) is 0 Å².